The lowest BCUT2D eigenvalue weighted by atomic mass is 9.79. The van der Waals surface area contributed by atoms with E-state index in [1.165, 1.54) is 12.8 Å². The summed E-state index contributed by atoms with van der Waals surface area (Å²) in [6, 6.07) is 0.243. The van der Waals surface area contributed by atoms with E-state index < -0.39 is 0 Å². The quantitative estimate of drug-likeness (QED) is 0.749. The van der Waals surface area contributed by atoms with Gasteiger partial charge < -0.3 is 16.0 Å². The third-order valence-corrected chi connectivity index (χ3v) is 4.42. The molecule has 20 heavy (non-hydrogen) atoms. The Hall–Kier alpha value is -0.610. The van der Waals surface area contributed by atoms with E-state index in [9.17, 15) is 4.79 Å². The summed E-state index contributed by atoms with van der Waals surface area (Å²) in [5.74, 6) is 1.57. The van der Waals surface area contributed by atoms with E-state index in [4.69, 9.17) is 5.73 Å². The van der Waals surface area contributed by atoms with Crippen LogP contribution in [0, 0.1) is 17.8 Å². The average molecular weight is 283 g/mol. The maximum Gasteiger partial charge on any atom is 0.223 e. The minimum atomic E-state index is 0.198. The predicted octanol–water partition coefficient (Wildman–Crippen LogP) is 1.84. The highest BCUT2D eigenvalue weighted by molar-refractivity contribution is 5.79. The molecule has 1 aliphatic rings. The van der Waals surface area contributed by atoms with Gasteiger partial charge in [-0.3, -0.25) is 4.79 Å². The van der Waals surface area contributed by atoms with Crippen molar-refractivity contribution >= 4 is 5.91 Å². The van der Waals surface area contributed by atoms with Crippen LogP contribution in [0.5, 0.6) is 0 Å². The lowest BCUT2D eigenvalue weighted by molar-refractivity contribution is -0.127. The molecule has 0 radical (unpaired) electrons. The van der Waals surface area contributed by atoms with E-state index >= 15 is 0 Å². The number of rotatable bonds is 7. The third-order valence-electron chi connectivity index (χ3n) is 4.42. The van der Waals surface area contributed by atoms with E-state index in [0.29, 0.717) is 11.8 Å². The molecule has 1 rings (SSSR count). The summed E-state index contributed by atoms with van der Waals surface area (Å²) >= 11 is 0. The molecule has 1 amide bonds. The molecule has 1 saturated carbocycles. The fraction of sp³-hybridized carbons (Fsp3) is 0.938. The molecule has 0 spiro atoms. The van der Waals surface area contributed by atoms with Gasteiger partial charge in [0, 0.05) is 18.5 Å². The fourth-order valence-corrected chi connectivity index (χ4v) is 3.14. The molecule has 0 aliphatic heterocycles. The summed E-state index contributed by atoms with van der Waals surface area (Å²) in [5, 5.41) is 3.27. The zero-order valence-electron chi connectivity index (χ0n) is 13.7. The lowest BCUT2D eigenvalue weighted by Crippen LogP contribution is -2.47. The smallest absolute Gasteiger partial charge is 0.223 e. The van der Waals surface area contributed by atoms with Gasteiger partial charge in [-0.25, -0.2) is 0 Å². The van der Waals surface area contributed by atoms with Crippen LogP contribution in [-0.4, -0.2) is 44.0 Å². The van der Waals surface area contributed by atoms with Gasteiger partial charge in [-0.2, -0.15) is 0 Å². The third kappa shape index (κ3) is 5.80. The van der Waals surface area contributed by atoms with Crippen molar-refractivity contribution in [1.29, 1.82) is 0 Å². The van der Waals surface area contributed by atoms with Crippen molar-refractivity contribution in [3.8, 4) is 0 Å². The van der Waals surface area contributed by atoms with Crippen molar-refractivity contribution in [2.24, 2.45) is 23.5 Å². The maximum atomic E-state index is 12.5. The van der Waals surface area contributed by atoms with Gasteiger partial charge in [-0.05, 0) is 51.7 Å². The first-order chi connectivity index (χ1) is 9.43. The molecule has 1 aliphatic carbocycles. The zero-order chi connectivity index (χ0) is 15.1. The average Bonchev–Trinajstić information content (AvgIpc) is 2.38. The highest BCUT2D eigenvalue weighted by Crippen LogP contribution is 2.31. The molecule has 0 aromatic heterocycles. The highest BCUT2D eigenvalue weighted by Gasteiger charge is 2.28. The molecule has 0 heterocycles. The number of nitrogens with two attached hydrogens (primary N) is 1. The van der Waals surface area contributed by atoms with Crippen molar-refractivity contribution < 1.29 is 4.79 Å². The predicted molar refractivity (Wildman–Crippen MR) is 84.4 cm³/mol. The summed E-state index contributed by atoms with van der Waals surface area (Å²) in [7, 11) is 4.11. The van der Waals surface area contributed by atoms with Gasteiger partial charge in [0.05, 0.1) is 0 Å². The van der Waals surface area contributed by atoms with Crippen LogP contribution in [0.3, 0.4) is 0 Å². The van der Waals surface area contributed by atoms with Crippen LogP contribution in [0.4, 0.5) is 0 Å². The van der Waals surface area contributed by atoms with Gasteiger partial charge >= 0.3 is 0 Å². The Bertz CT molecular complexity index is 289. The standard InChI is InChI=1S/C16H33N3O/c1-12(2)15(11-19(3)4)18-16(20)14-7-5-6-13(10-14)8-9-17/h12-15H,5-11,17H2,1-4H3,(H,18,20). The monoisotopic (exact) mass is 283 g/mol. The number of carbonyl (C=O) groups excluding carboxylic acids is 1. The molecule has 4 nitrogen and oxygen atoms in total. The number of nitrogens with one attached hydrogen (secondary N) is 1. The van der Waals surface area contributed by atoms with Crippen LogP contribution in [0.2, 0.25) is 0 Å². The minimum Gasteiger partial charge on any atom is -0.352 e. The van der Waals surface area contributed by atoms with Gasteiger partial charge in [-0.1, -0.05) is 26.7 Å². The van der Waals surface area contributed by atoms with E-state index in [1.54, 1.807) is 0 Å². The van der Waals surface area contributed by atoms with E-state index in [1.807, 2.05) is 0 Å². The van der Waals surface area contributed by atoms with Crippen LogP contribution in [0.15, 0.2) is 0 Å². The molecule has 0 bridgehead atoms. The number of nitrogens with zero attached hydrogens (tertiary/aromatic N) is 1. The molecule has 0 saturated heterocycles. The molecular formula is C16H33N3O. The summed E-state index contributed by atoms with van der Waals surface area (Å²) in [6.45, 7) is 6.00. The SMILES string of the molecule is CC(C)C(CN(C)C)NC(=O)C1CCCC(CCN)C1. The topological polar surface area (TPSA) is 58.4 Å². The second-order valence-electron chi connectivity index (χ2n) is 6.93. The summed E-state index contributed by atoms with van der Waals surface area (Å²) in [5.41, 5.74) is 5.65. The summed E-state index contributed by atoms with van der Waals surface area (Å²) in [6.07, 6.45) is 5.54. The van der Waals surface area contributed by atoms with Crippen molar-refractivity contribution in [3.05, 3.63) is 0 Å². The fourth-order valence-electron chi connectivity index (χ4n) is 3.14. The Morgan fingerprint density at radius 3 is 2.60 bits per heavy atom. The van der Waals surface area contributed by atoms with Gasteiger partial charge in [0.25, 0.3) is 0 Å². The highest BCUT2D eigenvalue weighted by atomic mass is 16.1. The molecule has 4 heteroatoms. The molecule has 3 unspecified atom stereocenters. The number of likely N-dealkylation sites (N-methyl/N-ethyl adjacent to an activating group) is 1. The Morgan fingerprint density at radius 1 is 1.35 bits per heavy atom. The molecule has 0 aromatic rings. The van der Waals surface area contributed by atoms with E-state index in [0.717, 1.165) is 32.4 Å². The van der Waals surface area contributed by atoms with Crippen molar-refractivity contribution in [1.82, 2.24) is 10.2 Å². The van der Waals surface area contributed by atoms with Crippen molar-refractivity contribution in [3.63, 3.8) is 0 Å². The van der Waals surface area contributed by atoms with E-state index in [2.05, 4.69) is 38.2 Å². The molecule has 3 N–H and O–H groups in total. The first-order valence-electron chi connectivity index (χ1n) is 8.09. The Labute approximate surface area is 124 Å². The van der Waals surface area contributed by atoms with Crippen LogP contribution in [-0.2, 0) is 4.79 Å². The van der Waals surface area contributed by atoms with Gasteiger partial charge in [0.2, 0.25) is 5.91 Å². The summed E-state index contributed by atoms with van der Waals surface area (Å²) in [4.78, 5) is 14.6. The zero-order valence-corrected chi connectivity index (χ0v) is 13.7. The van der Waals surface area contributed by atoms with E-state index in [-0.39, 0.29) is 17.9 Å². The molecule has 0 aromatic carbocycles. The van der Waals surface area contributed by atoms with Crippen LogP contribution < -0.4 is 11.1 Å². The summed E-state index contributed by atoms with van der Waals surface area (Å²) < 4.78 is 0. The van der Waals surface area contributed by atoms with Crippen LogP contribution in [0.1, 0.15) is 46.0 Å². The van der Waals surface area contributed by atoms with Gasteiger partial charge in [-0.15, -0.1) is 0 Å². The largest absolute Gasteiger partial charge is 0.352 e. The van der Waals surface area contributed by atoms with Crippen LogP contribution >= 0.6 is 0 Å². The Balaban J connectivity index is 2.50. The number of hydrogen-bond donors (Lipinski definition) is 2. The molecule has 3 atom stereocenters. The van der Waals surface area contributed by atoms with Crippen molar-refractivity contribution in [2.75, 3.05) is 27.2 Å². The number of amides is 1. The first kappa shape index (κ1) is 17.4. The second kappa shape index (κ2) is 8.63. The second-order valence-corrected chi connectivity index (χ2v) is 6.93. The lowest BCUT2D eigenvalue weighted by Gasteiger charge is -2.31. The van der Waals surface area contributed by atoms with Crippen molar-refractivity contribution in [2.45, 2.75) is 52.0 Å². The Morgan fingerprint density at radius 2 is 2.05 bits per heavy atom. The van der Waals surface area contributed by atoms with Gasteiger partial charge in [0.15, 0.2) is 0 Å². The van der Waals surface area contributed by atoms with Gasteiger partial charge in [0.1, 0.15) is 0 Å². The Kier molecular flexibility index (Phi) is 7.52. The molecular weight excluding hydrogens is 250 g/mol. The number of carbonyl (C=O) groups is 1. The molecule has 1 fully saturated rings. The minimum absolute atomic E-state index is 0.198. The first-order valence-corrected chi connectivity index (χ1v) is 8.09. The van der Waals surface area contributed by atoms with Crippen LogP contribution in [0.25, 0.3) is 0 Å². The maximum absolute atomic E-state index is 12.5. The number of hydrogen-bond acceptors (Lipinski definition) is 3. The molecule has 118 valence electrons. The normalized spacial score (nSPS) is 24.9.